The molecule has 0 bridgehead atoms. The summed E-state index contributed by atoms with van der Waals surface area (Å²) in [6, 6.07) is 5.76. The van der Waals surface area contributed by atoms with Gasteiger partial charge in [0.15, 0.2) is 11.5 Å². The van der Waals surface area contributed by atoms with Crippen LogP contribution in [0.4, 0.5) is 0 Å². The zero-order chi connectivity index (χ0) is 19.1. The Kier molecular flexibility index (Phi) is 6.98. The van der Waals surface area contributed by atoms with Crippen LogP contribution >= 0.6 is 11.8 Å². The van der Waals surface area contributed by atoms with E-state index in [9.17, 15) is 4.79 Å². The van der Waals surface area contributed by atoms with Crippen LogP contribution in [0, 0.1) is 0 Å². The van der Waals surface area contributed by atoms with Crippen molar-refractivity contribution in [3.63, 3.8) is 0 Å². The van der Waals surface area contributed by atoms with Gasteiger partial charge in [-0.15, -0.1) is 10.2 Å². The van der Waals surface area contributed by atoms with E-state index in [1.807, 2.05) is 6.07 Å². The standard InChI is InChI=1S/C19H25N3O4S/c1-24-15-9-8-13(12-16(15)25-2)18-21-22-19(26-18)27-11-10-17(23)20-14-6-4-3-5-7-14/h8-9,12,14H,3-7,10-11H2,1-2H3,(H,20,23). The summed E-state index contributed by atoms with van der Waals surface area (Å²) in [5, 5.41) is 11.7. The predicted molar refractivity (Wildman–Crippen MR) is 103 cm³/mol. The number of nitrogens with one attached hydrogen (secondary N) is 1. The number of methoxy groups -OCH3 is 2. The van der Waals surface area contributed by atoms with Gasteiger partial charge in [-0.3, -0.25) is 4.79 Å². The maximum absolute atomic E-state index is 12.0. The lowest BCUT2D eigenvalue weighted by Gasteiger charge is -2.22. The number of carbonyl (C=O) groups excluding carboxylic acids is 1. The second kappa shape index (κ2) is 9.64. The highest BCUT2D eigenvalue weighted by molar-refractivity contribution is 7.99. The molecule has 0 atom stereocenters. The van der Waals surface area contributed by atoms with Gasteiger partial charge in [0, 0.05) is 23.8 Å². The zero-order valence-electron chi connectivity index (χ0n) is 15.7. The topological polar surface area (TPSA) is 86.5 Å². The number of aromatic nitrogens is 2. The third-order valence-electron chi connectivity index (χ3n) is 4.56. The fraction of sp³-hybridized carbons (Fsp3) is 0.526. The predicted octanol–water partition coefficient (Wildman–Crippen LogP) is 3.68. The Morgan fingerprint density at radius 3 is 2.70 bits per heavy atom. The molecule has 1 N–H and O–H groups in total. The van der Waals surface area contributed by atoms with Crippen molar-refractivity contribution in [2.24, 2.45) is 0 Å². The first-order chi connectivity index (χ1) is 13.2. The van der Waals surface area contributed by atoms with Crippen molar-refractivity contribution in [1.29, 1.82) is 0 Å². The molecule has 2 aromatic rings. The molecule has 0 unspecified atom stereocenters. The lowest BCUT2D eigenvalue weighted by molar-refractivity contribution is -0.121. The van der Waals surface area contributed by atoms with Crippen LogP contribution in [0.1, 0.15) is 38.5 Å². The Morgan fingerprint density at radius 1 is 1.19 bits per heavy atom. The second-order valence-electron chi connectivity index (χ2n) is 6.44. The molecule has 7 nitrogen and oxygen atoms in total. The third-order valence-corrected chi connectivity index (χ3v) is 5.38. The molecule has 0 spiro atoms. The second-order valence-corrected chi connectivity index (χ2v) is 7.49. The molecule has 1 aromatic carbocycles. The average Bonchev–Trinajstić information content (AvgIpc) is 3.17. The first-order valence-electron chi connectivity index (χ1n) is 9.17. The Morgan fingerprint density at radius 2 is 1.96 bits per heavy atom. The number of benzene rings is 1. The van der Waals surface area contributed by atoms with Gasteiger partial charge >= 0.3 is 0 Å². The Labute approximate surface area is 163 Å². The van der Waals surface area contributed by atoms with E-state index in [4.69, 9.17) is 13.9 Å². The van der Waals surface area contributed by atoms with E-state index in [0.29, 0.717) is 40.8 Å². The monoisotopic (exact) mass is 391 g/mol. The fourth-order valence-electron chi connectivity index (χ4n) is 3.13. The van der Waals surface area contributed by atoms with Gasteiger partial charge in [0.05, 0.1) is 14.2 Å². The lowest BCUT2D eigenvalue weighted by Crippen LogP contribution is -2.36. The molecule has 0 saturated heterocycles. The van der Waals surface area contributed by atoms with Crippen LogP contribution in [-0.4, -0.2) is 42.1 Å². The van der Waals surface area contributed by atoms with Crippen LogP contribution in [-0.2, 0) is 4.79 Å². The SMILES string of the molecule is COc1ccc(-c2nnc(SCCC(=O)NC3CCCCC3)o2)cc1OC. The Hall–Kier alpha value is -2.22. The first-order valence-corrected chi connectivity index (χ1v) is 10.2. The molecule has 1 heterocycles. The highest BCUT2D eigenvalue weighted by atomic mass is 32.2. The Balaban J connectivity index is 1.50. The van der Waals surface area contributed by atoms with Crippen molar-refractivity contribution in [2.75, 3.05) is 20.0 Å². The zero-order valence-corrected chi connectivity index (χ0v) is 16.5. The van der Waals surface area contributed by atoms with E-state index in [-0.39, 0.29) is 5.91 Å². The number of hydrogen-bond acceptors (Lipinski definition) is 7. The molecular weight excluding hydrogens is 366 g/mol. The minimum Gasteiger partial charge on any atom is -0.493 e. The molecule has 27 heavy (non-hydrogen) atoms. The molecule has 1 aromatic heterocycles. The van der Waals surface area contributed by atoms with E-state index < -0.39 is 0 Å². The molecular formula is C19H25N3O4S. The largest absolute Gasteiger partial charge is 0.493 e. The van der Waals surface area contributed by atoms with E-state index in [1.165, 1.54) is 31.0 Å². The van der Waals surface area contributed by atoms with E-state index >= 15 is 0 Å². The summed E-state index contributed by atoms with van der Waals surface area (Å²) in [4.78, 5) is 12.0. The number of hydrogen-bond donors (Lipinski definition) is 1. The van der Waals surface area contributed by atoms with Crippen molar-refractivity contribution < 1.29 is 18.7 Å². The summed E-state index contributed by atoms with van der Waals surface area (Å²) in [6.07, 6.45) is 6.33. The summed E-state index contributed by atoms with van der Waals surface area (Å²) in [6.45, 7) is 0. The maximum Gasteiger partial charge on any atom is 0.276 e. The Bertz CT molecular complexity index is 759. The van der Waals surface area contributed by atoms with E-state index in [1.54, 1.807) is 26.4 Å². The molecule has 3 rings (SSSR count). The van der Waals surface area contributed by atoms with Crippen LogP contribution in [0.15, 0.2) is 27.8 Å². The molecule has 1 amide bonds. The smallest absolute Gasteiger partial charge is 0.276 e. The van der Waals surface area contributed by atoms with Crippen LogP contribution in [0.2, 0.25) is 0 Å². The third kappa shape index (κ3) is 5.38. The average molecular weight is 391 g/mol. The number of thioether (sulfide) groups is 1. The number of carbonyl (C=O) groups is 1. The molecule has 0 aliphatic heterocycles. The summed E-state index contributed by atoms with van der Waals surface area (Å²) in [5.41, 5.74) is 0.752. The molecule has 1 aliphatic rings. The minimum absolute atomic E-state index is 0.0917. The van der Waals surface area contributed by atoms with Gasteiger partial charge in [-0.05, 0) is 31.0 Å². The lowest BCUT2D eigenvalue weighted by atomic mass is 9.95. The quantitative estimate of drug-likeness (QED) is 0.687. The molecule has 146 valence electrons. The molecule has 1 fully saturated rings. The van der Waals surface area contributed by atoms with Gasteiger partial charge in [-0.2, -0.15) is 0 Å². The van der Waals surface area contributed by atoms with Crippen molar-refractivity contribution in [3.8, 4) is 23.0 Å². The van der Waals surface area contributed by atoms with Crippen molar-refractivity contribution in [2.45, 2.75) is 49.8 Å². The van der Waals surface area contributed by atoms with Crippen molar-refractivity contribution in [3.05, 3.63) is 18.2 Å². The number of amides is 1. The summed E-state index contributed by atoms with van der Waals surface area (Å²) < 4.78 is 16.2. The van der Waals surface area contributed by atoms with Gasteiger partial charge in [0.1, 0.15) is 0 Å². The number of rotatable bonds is 8. The molecule has 0 radical (unpaired) electrons. The highest BCUT2D eigenvalue weighted by Crippen LogP contribution is 2.32. The van der Waals surface area contributed by atoms with Crippen LogP contribution in [0.5, 0.6) is 11.5 Å². The first kappa shape index (κ1) is 19.5. The minimum atomic E-state index is 0.0917. The van der Waals surface area contributed by atoms with Gasteiger partial charge < -0.3 is 19.2 Å². The molecule has 1 aliphatic carbocycles. The van der Waals surface area contributed by atoms with Gasteiger partial charge in [-0.25, -0.2) is 0 Å². The number of ether oxygens (including phenoxy) is 2. The van der Waals surface area contributed by atoms with Gasteiger partial charge in [0.2, 0.25) is 11.8 Å². The van der Waals surface area contributed by atoms with E-state index in [2.05, 4.69) is 15.5 Å². The van der Waals surface area contributed by atoms with Gasteiger partial charge in [-0.1, -0.05) is 31.0 Å². The maximum atomic E-state index is 12.0. The van der Waals surface area contributed by atoms with Crippen molar-refractivity contribution in [1.82, 2.24) is 15.5 Å². The number of nitrogens with zero attached hydrogens (tertiary/aromatic N) is 2. The van der Waals surface area contributed by atoms with Crippen LogP contribution in [0.3, 0.4) is 0 Å². The highest BCUT2D eigenvalue weighted by Gasteiger charge is 2.16. The summed E-state index contributed by atoms with van der Waals surface area (Å²) in [7, 11) is 3.17. The molecule has 8 heteroatoms. The van der Waals surface area contributed by atoms with Crippen LogP contribution < -0.4 is 14.8 Å². The fourth-order valence-corrected chi connectivity index (χ4v) is 3.83. The normalized spacial score (nSPS) is 14.7. The van der Waals surface area contributed by atoms with Crippen LogP contribution in [0.25, 0.3) is 11.5 Å². The molecule has 1 saturated carbocycles. The van der Waals surface area contributed by atoms with Crippen molar-refractivity contribution >= 4 is 17.7 Å². The van der Waals surface area contributed by atoms with Gasteiger partial charge in [0.25, 0.3) is 5.22 Å². The van der Waals surface area contributed by atoms with E-state index in [0.717, 1.165) is 18.4 Å². The summed E-state index contributed by atoms with van der Waals surface area (Å²) >= 11 is 1.39. The summed E-state index contributed by atoms with van der Waals surface area (Å²) in [5.74, 6) is 2.34.